The van der Waals surface area contributed by atoms with E-state index in [9.17, 15) is 22.8 Å². The van der Waals surface area contributed by atoms with Gasteiger partial charge in [-0.3, -0.25) is 9.59 Å². The van der Waals surface area contributed by atoms with E-state index in [1.54, 1.807) is 7.05 Å². The molecule has 2 aromatic carbocycles. The number of likely N-dealkylation sites (N-methyl/N-ethyl adjacent to an activating group) is 1. The molecule has 0 aliphatic heterocycles. The first-order valence-corrected chi connectivity index (χ1v) is 7.45. The van der Waals surface area contributed by atoms with Gasteiger partial charge >= 0.3 is 0 Å². The standard InChI is InChI=1S/C17H16F3N3O2/c1-23(9-16(24)21-12-4-2-11(18)3-5-12)10-17(25)22-13-6-7-14(19)15(20)8-13/h2-8H,9-10H2,1H3,(H,21,24)(H,22,25)/p+1. The smallest absolute Gasteiger partial charge is 0.279 e. The van der Waals surface area contributed by atoms with Gasteiger partial charge in [0, 0.05) is 17.4 Å². The minimum Gasteiger partial charge on any atom is -0.322 e. The highest BCUT2D eigenvalue weighted by Crippen LogP contribution is 2.12. The topological polar surface area (TPSA) is 62.6 Å². The van der Waals surface area contributed by atoms with Crippen LogP contribution in [0.25, 0.3) is 0 Å². The third kappa shape index (κ3) is 5.92. The van der Waals surface area contributed by atoms with E-state index in [0.29, 0.717) is 10.6 Å². The van der Waals surface area contributed by atoms with Crippen molar-refractivity contribution in [3.05, 3.63) is 59.9 Å². The van der Waals surface area contributed by atoms with Crippen LogP contribution in [0.1, 0.15) is 0 Å². The Bertz CT molecular complexity index is 766. The number of rotatable bonds is 6. The van der Waals surface area contributed by atoms with Gasteiger partial charge in [0.25, 0.3) is 11.8 Å². The molecule has 0 saturated carbocycles. The molecule has 1 unspecified atom stereocenters. The Kier molecular flexibility index (Phi) is 6.13. The minimum absolute atomic E-state index is 0.00255. The monoisotopic (exact) mass is 352 g/mol. The zero-order chi connectivity index (χ0) is 18.4. The molecule has 8 heteroatoms. The number of nitrogens with one attached hydrogen (secondary N) is 3. The summed E-state index contributed by atoms with van der Waals surface area (Å²) in [5.74, 6) is -3.26. The molecular weight excluding hydrogens is 335 g/mol. The number of amides is 2. The van der Waals surface area contributed by atoms with Gasteiger partial charge in [0.1, 0.15) is 5.82 Å². The lowest BCUT2D eigenvalue weighted by atomic mass is 10.3. The summed E-state index contributed by atoms with van der Waals surface area (Å²) in [5.41, 5.74) is 0.581. The van der Waals surface area contributed by atoms with E-state index in [0.717, 1.165) is 12.1 Å². The molecule has 1 atom stereocenters. The second-order valence-electron chi connectivity index (χ2n) is 5.54. The van der Waals surface area contributed by atoms with E-state index in [2.05, 4.69) is 10.6 Å². The van der Waals surface area contributed by atoms with Gasteiger partial charge < -0.3 is 15.5 Å². The van der Waals surface area contributed by atoms with Crippen LogP contribution in [0.5, 0.6) is 0 Å². The summed E-state index contributed by atoms with van der Waals surface area (Å²) in [7, 11) is 1.63. The highest BCUT2D eigenvalue weighted by Gasteiger charge is 2.15. The number of carbonyl (C=O) groups excluding carboxylic acids is 2. The van der Waals surface area contributed by atoms with Crippen molar-refractivity contribution in [3.8, 4) is 0 Å². The molecule has 0 saturated heterocycles. The van der Waals surface area contributed by atoms with Gasteiger partial charge in [0.05, 0.1) is 7.05 Å². The molecule has 0 radical (unpaired) electrons. The Morgan fingerprint density at radius 2 is 1.36 bits per heavy atom. The lowest BCUT2D eigenvalue weighted by Gasteiger charge is -2.14. The highest BCUT2D eigenvalue weighted by atomic mass is 19.2. The Morgan fingerprint density at radius 3 is 1.92 bits per heavy atom. The van der Waals surface area contributed by atoms with E-state index in [4.69, 9.17) is 0 Å². The van der Waals surface area contributed by atoms with Crippen LogP contribution in [-0.4, -0.2) is 32.0 Å². The quantitative estimate of drug-likeness (QED) is 0.732. The fraction of sp³-hybridized carbons (Fsp3) is 0.176. The second-order valence-corrected chi connectivity index (χ2v) is 5.54. The molecular formula is C17H17F3N3O2+. The minimum atomic E-state index is -1.06. The van der Waals surface area contributed by atoms with Crippen LogP contribution in [0.15, 0.2) is 42.5 Å². The predicted octanol–water partition coefficient (Wildman–Crippen LogP) is 1.20. The van der Waals surface area contributed by atoms with Crippen molar-refractivity contribution in [2.24, 2.45) is 0 Å². The number of quaternary nitrogens is 1. The Morgan fingerprint density at radius 1 is 0.840 bits per heavy atom. The molecule has 2 amide bonds. The molecule has 0 bridgehead atoms. The average molecular weight is 352 g/mol. The zero-order valence-corrected chi connectivity index (χ0v) is 13.4. The SMILES string of the molecule is C[NH+](CC(=O)Nc1ccc(F)cc1)CC(=O)Nc1ccc(F)c(F)c1. The van der Waals surface area contributed by atoms with Crippen LogP contribution in [0.2, 0.25) is 0 Å². The van der Waals surface area contributed by atoms with Crippen molar-refractivity contribution in [3.63, 3.8) is 0 Å². The van der Waals surface area contributed by atoms with Crippen molar-refractivity contribution < 1.29 is 27.7 Å². The number of benzene rings is 2. The summed E-state index contributed by atoms with van der Waals surface area (Å²) < 4.78 is 38.7. The molecule has 0 spiro atoms. The normalized spacial score (nSPS) is 11.7. The average Bonchev–Trinajstić information content (AvgIpc) is 2.52. The molecule has 0 fully saturated rings. The van der Waals surface area contributed by atoms with Crippen molar-refractivity contribution >= 4 is 23.2 Å². The summed E-state index contributed by atoms with van der Waals surface area (Å²) in [6, 6.07) is 8.34. The van der Waals surface area contributed by atoms with Crippen LogP contribution < -0.4 is 15.5 Å². The van der Waals surface area contributed by atoms with Gasteiger partial charge in [-0.25, -0.2) is 13.2 Å². The van der Waals surface area contributed by atoms with Crippen molar-refractivity contribution in [1.29, 1.82) is 0 Å². The van der Waals surface area contributed by atoms with Crippen LogP contribution in [0.4, 0.5) is 24.5 Å². The van der Waals surface area contributed by atoms with Gasteiger partial charge in [0.15, 0.2) is 24.7 Å². The highest BCUT2D eigenvalue weighted by molar-refractivity contribution is 5.93. The maximum atomic E-state index is 13.1. The van der Waals surface area contributed by atoms with Crippen molar-refractivity contribution in [1.82, 2.24) is 0 Å². The number of hydrogen-bond donors (Lipinski definition) is 3. The zero-order valence-electron chi connectivity index (χ0n) is 13.4. The lowest BCUT2D eigenvalue weighted by Crippen LogP contribution is -3.11. The molecule has 3 N–H and O–H groups in total. The molecule has 5 nitrogen and oxygen atoms in total. The molecule has 132 valence electrons. The number of hydrogen-bond acceptors (Lipinski definition) is 2. The maximum Gasteiger partial charge on any atom is 0.279 e. The van der Waals surface area contributed by atoms with Gasteiger partial charge in [0.2, 0.25) is 0 Å². The Labute approximate surface area is 142 Å². The third-order valence-electron chi connectivity index (χ3n) is 3.26. The fourth-order valence-corrected chi connectivity index (χ4v) is 2.13. The first-order valence-electron chi connectivity index (χ1n) is 7.45. The first-order chi connectivity index (χ1) is 11.8. The van der Waals surface area contributed by atoms with Crippen molar-refractivity contribution in [2.45, 2.75) is 0 Å². The second kappa shape index (κ2) is 8.29. The Balaban J connectivity index is 1.81. The van der Waals surface area contributed by atoms with E-state index >= 15 is 0 Å². The molecule has 0 heterocycles. The third-order valence-corrected chi connectivity index (χ3v) is 3.26. The first kappa shape index (κ1) is 18.5. The number of anilines is 2. The van der Waals surface area contributed by atoms with Crippen LogP contribution in [0.3, 0.4) is 0 Å². The molecule has 2 aromatic rings. The van der Waals surface area contributed by atoms with Gasteiger partial charge in [-0.15, -0.1) is 0 Å². The van der Waals surface area contributed by atoms with E-state index in [1.165, 1.54) is 30.3 Å². The lowest BCUT2D eigenvalue weighted by molar-refractivity contribution is -0.862. The largest absolute Gasteiger partial charge is 0.322 e. The number of carbonyl (C=O) groups is 2. The Hall–Kier alpha value is -2.87. The molecule has 0 aromatic heterocycles. The van der Waals surface area contributed by atoms with Crippen LogP contribution in [0, 0.1) is 17.5 Å². The molecule has 0 aliphatic carbocycles. The summed E-state index contributed by atoms with van der Waals surface area (Å²) in [4.78, 5) is 24.3. The number of halogens is 3. The van der Waals surface area contributed by atoms with E-state index in [1.807, 2.05) is 0 Å². The van der Waals surface area contributed by atoms with Crippen molar-refractivity contribution in [2.75, 3.05) is 30.8 Å². The molecule has 25 heavy (non-hydrogen) atoms. The van der Waals surface area contributed by atoms with Gasteiger partial charge in [-0.1, -0.05) is 0 Å². The van der Waals surface area contributed by atoms with Crippen LogP contribution in [-0.2, 0) is 9.59 Å². The summed E-state index contributed by atoms with van der Waals surface area (Å²) in [5, 5.41) is 5.02. The van der Waals surface area contributed by atoms with E-state index in [-0.39, 0.29) is 24.7 Å². The summed E-state index contributed by atoms with van der Waals surface area (Å²) in [6.45, 7) is -0.0432. The summed E-state index contributed by atoms with van der Waals surface area (Å²) >= 11 is 0. The predicted molar refractivity (Wildman–Crippen MR) is 86.6 cm³/mol. The van der Waals surface area contributed by atoms with E-state index < -0.39 is 23.4 Å². The maximum absolute atomic E-state index is 13.1. The van der Waals surface area contributed by atoms with Crippen LogP contribution >= 0.6 is 0 Å². The fourth-order valence-electron chi connectivity index (χ4n) is 2.13. The van der Waals surface area contributed by atoms with Gasteiger partial charge in [-0.2, -0.15) is 0 Å². The molecule has 2 rings (SSSR count). The molecule has 0 aliphatic rings. The van der Waals surface area contributed by atoms with Gasteiger partial charge in [-0.05, 0) is 36.4 Å². The summed E-state index contributed by atoms with van der Waals surface area (Å²) in [6.07, 6.45) is 0.